The number of tetrazole rings is 1. The Balaban J connectivity index is 1.62. The second kappa shape index (κ2) is 7.77. The normalized spacial score (nSPS) is 11.5. The highest BCUT2D eigenvalue weighted by atomic mass is 32.2. The third kappa shape index (κ3) is 4.98. The molecule has 0 bridgehead atoms. The van der Waals surface area contributed by atoms with Crippen LogP contribution in [0.4, 0.5) is 13.2 Å². The lowest BCUT2D eigenvalue weighted by molar-refractivity contribution is -0.153. The van der Waals surface area contributed by atoms with Crippen LogP contribution in [0.25, 0.3) is 5.69 Å². The molecule has 1 aromatic heterocycles. The first kappa shape index (κ1) is 18.2. The smallest absolute Gasteiger partial charge is 0.422 e. The van der Waals surface area contributed by atoms with Crippen LogP contribution in [0.3, 0.4) is 0 Å². The first-order valence-electron chi connectivity index (χ1n) is 7.67. The van der Waals surface area contributed by atoms with Crippen molar-refractivity contribution in [1.82, 2.24) is 20.2 Å². The maximum atomic E-state index is 12.2. The van der Waals surface area contributed by atoms with E-state index < -0.39 is 12.8 Å². The molecular weight excluding hydrogens is 365 g/mol. The number of hydrogen-bond donors (Lipinski definition) is 0. The second-order valence-electron chi connectivity index (χ2n) is 5.55. The largest absolute Gasteiger partial charge is 0.484 e. The molecule has 1 heterocycles. The minimum atomic E-state index is -4.35. The molecule has 0 saturated carbocycles. The Labute approximate surface area is 152 Å². The lowest BCUT2D eigenvalue weighted by Gasteiger charge is -2.09. The van der Waals surface area contributed by atoms with Crippen molar-refractivity contribution in [2.45, 2.75) is 24.0 Å². The topological polar surface area (TPSA) is 52.8 Å². The molecule has 5 nitrogen and oxygen atoms in total. The molecule has 0 fully saturated rings. The van der Waals surface area contributed by atoms with Crippen molar-refractivity contribution in [2.24, 2.45) is 0 Å². The van der Waals surface area contributed by atoms with Gasteiger partial charge in [-0.2, -0.15) is 17.9 Å². The predicted octanol–water partition coefficient (Wildman–Crippen LogP) is 4.20. The molecule has 3 aromatic rings. The quantitative estimate of drug-likeness (QED) is 0.600. The van der Waals surface area contributed by atoms with E-state index in [0.29, 0.717) is 10.9 Å². The molecule has 0 N–H and O–H groups in total. The van der Waals surface area contributed by atoms with Gasteiger partial charge in [-0.05, 0) is 52.7 Å². The van der Waals surface area contributed by atoms with Crippen molar-refractivity contribution in [3.05, 3.63) is 59.7 Å². The summed E-state index contributed by atoms with van der Waals surface area (Å²) in [6.45, 7) is 0.690. The van der Waals surface area contributed by atoms with E-state index in [2.05, 4.69) is 15.5 Å². The Bertz CT molecular complexity index is 865. The van der Waals surface area contributed by atoms with Gasteiger partial charge >= 0.3 is 6.18 Å². The molecule has 0 spiro atoms. The van der Waals surface area contributed by atoms with Gasteiger partial charge in [-0.3, -0.25) is 0 Å². The third-order valence-electron chi connectivity index (χ3n) is 3.38. The fraction of sp³-hybridized carbons (Fsp3) is 0.235. The van der Waals surface area contributed by atoms with E-state index in [1.807, 2.05) is 31.2 Å². The number of aryl methyl sites for hydroxylation is 1. The summed E-state index contributed by atoms with van der Waals surface area (Å²) in [7, 11) is 0. The van der Waals surface area contributed by atoms with E-state index in [0.717, 1.165) is 16.8 Å². The van der Waals surface area contributed by atoms with Crippen LogP contribution in [-0.4, -0.2) is 33.0 Å². The van der Waals surface area contributed by atoms with Crippen LogP contribution in [0.2, 0.25) is 0 Å². The average Bonchev–Trinajstić information content (AvgIpc) is 3.07. The summed E-state index contributed by atoms with van der Waals surface area (Å²) in [6.07, 6.45) is -4.35. The SMILES string of the molecule is Cc1cccc(-n2nnnc2SCc2ccc(OCC(F)(F)F)cc2)c1. The number of thioether (sulfide) groups is 1. The van der Waals surface area contributed by atoms with Crippen molar-refractivity contribution in [2.75, 3.05) is 6.61 Å². The van der Waals surface area contributed by atoms with Crippen molar-refractivity contribution < 1.29 is 17.9 Å². The summed E-state index contributed by atoms with van der Waals surface area (Å²) in [5, 5.41) is 12.4. The lowest BCUT2D eigenvalue weighted by Crippen LogP contribution is -2.19. The van der Waals surface area contributed by atoms with E-state index in [4.69, 9.17) is 4.74 Å². The van der Waals surface area contributed by atoms with Gasteiger partial charge in [-0.15, -0.1) is 5.10 Å². The molecule has 0 saturated heterocycles. The molecule has 136 valence electrons. The van der Waals surface area contributed by atoms with Gasteiger partial charge in [-0.1, -0.05) is 36.0 Å². The maximum Gasteiger partial charge on any atom is 0.422 e. The number of halogens is 3. The molecule has 0 amide bonds. The molecule has 26 heavy (non-hydrogen) atoms. The summed E-state index contributed by atoms with van der Waals surface area (Å²) in [4.78, 5) is 0. The van der Waals surface area contributed by atoms with Crippen LogP contribution in [0.15, 0.2) is 53.7 Å². The number of hydrogen-bond acceptors (Lipinski definition) is 5. The molecule has 0 radical (unpaired) electrons. The van der Waals surface area contributed by atoms with Crippen LogP contribution in [0.5, 0.6) is 5.75 Å². The maximum absolute atomic E-state index is 12.2. The summed E-state index contributed by atoms with van der Waals surface area (Å²) in [6, 6.07) is 14.3. The van der Waals surface area contributed by atoms with Crippen molar-refractivity contribution in [1.29, 1.82) is 0 Å². The van der Waals surface area contributed by atoms with E-state index >= 15 is 0 Å². The molecule has 9 heteroatoms. The highest BCUT2D eigenvalue weighted by molar-refractivity contribution is 7.98. The van der Waals surface area contributed by atoms with E-state index in [1.165, 1.54) is 23.9 Å². The van der Waals surface area contributed by atoms with Gasteiger partial charge < -0.3 is 4.74 Å². The zero-order valence-corrected chi connectivity index (χ0v) is 14.6. The highest BCUT2D eigenvalue weighted by Crippen LogP contribution is 2.24. The number of nitrogens with zero attached hydrogens (tertiary/aromatic N) is 4. The Morgan fingerprint density at radius 2 is 1.88 bits per heavy atom. The number of aromatic nitrogens is 4. The Morgan fingerprint density at radius 3 is 2.58 bits per heavy atom. The lowest BCUT2D eigenvalue weighted by atomic mass is 10.2. The van der Waals surface area contributed by atoms with Crippen molar-refractivity contribution in [3.8, 4) is 11.4 Å². The highest BCUT2D eigenvalue weighted by Gasteiger charge is 2.28. The number of benzene rings is 2. The van der Waals surface area contributed by atoms with E-state index in [-0.39, 0.29) is 5.75 Å². The van der Waals surface area contributed by atoms with Crippen LogP contribution in [-0.2, 0) is 5.75 Å². The van der Waals surface area contributed by atoms with Gasteiger partial charge in [-0.25, -0.2) is 0 Å². The number of ether oxygens (including phenoxy) is 1. The fourth-order valence-corrected chi connectivity index (χ4v) is 3.03. The Hall–Kier alpha value is -2.55. The van der Waals surface area contributed by atoms with Crippen LogP contribution < -0.4 is 4.74 Å². The monoisotopic (exact) mass is 380 g/mol. The molecule has 0 unspecified atom stereocenters. The zero-order valence-electron chi connectivity index (χ0n) is 13.8. The first-order valence-corrected chi connectivity index (χ1v) is 8.66. The minimum absolute atomic E-state index is 0.181. The summed E-state index contributed by atoms with van der Waals surface area (Å²) < 4.78 is 42.8. The second-order valence-corrected chi connectivity index (χ2v) is 6.49. The number of alkyl halides is 3. The molecule has 0 aliphatic rings. The predicted molar refractivity (Wildman–Crippen MR) is 91.4 cm³/mol. The standard InChI is InChI=1S/C17H15F3N4OS/c1-12-3-2-4-14(9-12)24-16(21-22-23-24)26-10-13-5-7-15(8-6-13)25-11-17(18,19)20/h2-9H,10-11H2,1H3. The first-order chi connectivity index (χ1) is 12.4. The van der Waals surface area contributed by atoms with Crippen LogP contribution in [0, 0.1) is 6.92 Å². The molecular formula is C17H15F3N4OS. The van der Waals surface area contributed by atoms with E-state index in [9.17, 15) is 13.2 Å². The molecule has 0 aliphatic heterocycles. The Kier molecular flexibility index (Phi) is 5.46. The summed E-state index contributed by atoms with van der Waals surface area (Å²) in [5.74, 6) is 0.756. The van der Waals surface area contributed by atoms with Crippen molar-refractivity contribution >= 4 is 11.8 Å². The van der Waals surface area contributed by atoms with Crippen LogP contribution in [0.1, 0.15) is 11.1 Å². The summed E-state index contributed by atoms with van der Waals surface area (Å²) >= 11 is 1.44. The Morgan fingerprint density at radius 1 is 1.12 bits per heavy atom. The van der Waals surface area contributed by atoms with Gasteiger partial charge in [0.2, 0.25) is 5.16 Å². The van der Waals surface area contributed by atoms with Gasteiger partial charge in [0.05, 0.1) is 5.69 Å². The fourth-order valence-electron chi connectivity index (χ4n) is 2.19. The minimum Gasteiger partial charge on any atom is -0.484 e. The number of rotatable bonds is 6. The zero-order chi connectivity index (χ0) is 18.6. The average molecular weight is 380 g/mol. The molecule has 0 atom stereocenters. The molecule has 2 aromatic carbocycles. The van der Waals surface area contributed by atoms with Crippen molar-refractivity contribution in [3.63, 3.8) is 0 Å². The van der Waals surface area contributed by atoms with Gasteiger partial charge in [0.15, 0.2) is 6.61 Å². The van der Waals surface area contributed by atoms with Gasteiger partial charge in [0.25, 0.3) is 0 Å². The van der Waals surface area contributed by atoms with Gasteiger partial charge in [0, 0.05) is 5.75 Å². The van der Waals surface area contributed by atoms with Gasteiger partial charge in [0.1, 0.15) is 5.75 Å². The third-order valence-corrected chi connectivity index (χ3v) is 4.37. The van der Waals surface area contributed by atoms with E-state index in [1.54, 1.807) is 16.8 Å². The van der Waals surface area contributed by atoms with Crippen LogP contribution >= 0.6 is 11.8 Å². The molecule has 0 aliphatic carbocycles. The summed E-state index contributed by atoms with van der Waals surface area (Å²) in [5.41, 5.74) is 2.89. The molecule has 3 rings (SSSR count).